The smallest absolute Gasteiger partial charge is 0.416 e. The zero-order chi connectivity index (χ0) is 26.9. The van der Waals surface area contributed by atoms with Crippen LogP contribution in [0.1, 0.15) is 27.5 Å². The Morgan fingerprint density at radius 2 is 1.68 bits per heavy atom. The Morgan fingerprint density at radius 3 is 2.37 bits per heavy atom. The standard InChI is InChI=1S/C28H24F3N3O4/c1-37-27(36)24(18-6-3-2-4-7-18)33-12-14-34(15-13-33)26(35)20-9-5-8-19(16-20)25-32-22-17-21(28(29,30)31)10-11-23(22)38-25/h2-11,16-17,24H,12-15H2,1H3. The normalized spacial score (nSPS) is 15.4. The van der Waals surface area contributed by atoms with E-state index in [9.17, 15) is 22.8 Å². The molecular weight excluding hydrogens is 499 g/mol. The minimum absolute atomic E-state index is 0.0845. The molecule has 4 aromatic rings. The Morgan fingerprint density at radius 1 is 0.947 bits per heavy atom. The first-order valence-electron chi connectivity index (χ1n) is 12.0. The summed E-state index contributed by atoms with van der Waals surface area (Å²) in [6.45, 7) is 1.78. The molecule has 1 aromatic heterocycles. The molecule has 0 aliphatic carbocycles. The van der Waals surface area contributed by atoms with E-state index in [0.717, 1.165) is 17.7 Å². The average Bonchev–Trinajstić information content (AvgIpc) is 3.37. The lowest BCUT2D eigenvalue weighted by Crippen LogP contribution is -2.51. The van der Waals surface area contributed by atoms with Gasteiger partial charge in [0.05, 0.1) is 12.7 Å². The number of rotatable bonds is 5. The number of aromatic nitrogens is 1. The Balaban J connectivity index is 1.31. The van der Waals surface area contributed by atoms with Crippen LogP contribution >= 0.6 is 0 Å². The maximum absolute atomic E-state index is 13.3. The molecule has 10 heteroatoms. The van der Waals surface area contributed by atoms with E-state index in [0.29, 0.717) is 37.3 Å². The molecule has 7 nitrogen and oxygen atoms in total. The summed E-state index contributed by atoms with van der Waals surface area (Å²) in [5, 5.41) is 0. The van der Waals surface area contributed by atoms with Gasteiger partial charge in [0.1, 0.15) is 11.6 Å². The summed E-state index contributed by atoms with van der Waals surface area (Å²) in [5.74, 6) is -0.428. The number of benzene rings is 3. The van der Waals surface area contributed by atoms with E-state index < -0.39 is 17.8 Å². The van der Waals surface area contributed by atoms with Crippen LogP contribution < -0.4 is 0 Å². The molecule has 1 fully saturated rings. The molecule has 1 atom stereocenters. The van der Waals surface area contributed by atoms with Crippen LogP contribution in [0.2, 0.25) is 0 Å². The third kappa shape index (κ3) is 5.12. The maximum atomic E-state index is 13.3. The van der Waals surface area contributed by atoms with Gasteiger partial charge in [-0.05, 0) is 42.0 Å². The van der Waals surface area contributed by atoms with E-state index in [1.807, 2.05) is 35.2 Å². The van der Waals surface area contributed by atoms with Crippen molar-refractivity contribution in [3.63, 3.8) is 0 Å². The van der Waals surface area contributed by atoms with Crippen molar-refractivity contribution in [2.45, 2.75) is 12.2 Å². The third-order valence-corrected chi connectivity index (χ3v) is 6.58. The molecule has 1 aliphatic heterocycles. The van der Waals surface area contributed by atoms with Crippen LogP contribution in [-0.2, 0) is 15.7 Å². The van der Waals surface area contributed by atoms with Crippen LogP contribution in [0.25, 0.3) is 22.6 Å². The van der Waals surface area contributed by atoms with Crippen molar-refractivity contribution in [1.82, 2.24) is 14.8 Å². The van der Waals surface area contributed by atoms with E-state index >= 15 is 0 Å². The van der Waals surface area contributed by atoms with E-state index in [2.05, 4.69) is 4.98 Å². The van der Waals surface area contributed by atoms with E-state index in [4.69, 9.17) is 9.15 Å². The highest BCUT2D eigenvalue weighted by Crippen LogP contribution is 2.33. The molecule has 38 heavy (non-hydrogen) atoms. The number of oxazole rings is 1. The van der Waals surface area contributed by atoms with Gasteiger partial charge in [-0.2, -0.15) is 13.2 Å². The van der Waals surface area contributed by atoms with Gasteiger partial charge in [-0.1, -0.05) is 36.4 Å². The number of carbonyl (C=O) groups excluding carboxylic acids is 2. The fourth-order valence-electron chi connectivity index (χ4n) is 4.62. The monoisotopic (exact) mass is 523 g/mol. The maximum Gasteiger partial charge on any atom is 0.416 e. The Bertz CT molecular complexity index is 1460. The van der Waals surface area contributed by atoms with Crippen LogP contribution in [0.3, 0.4) is 0 Å². The van der Waals surface area contributed by atoms with Gasteiger partial charge in [0.25, 0.3) is 5.91 Å². The second kappa shape index (κ2) is 10.3. The number of hydrogen-bond acceptors (Lipinski definition) is 6. The van der Waals surface area contributed by atoms with Gasteiger partial charge in [0.15, 0.2) is 5.58 Å². The molecule has 1 saturated heterocycles. The summed E-state index contributed by atoms with van der Waals surface area (Å²) in [6, 6.07) is 18.6. The third-order valence-electron chi connectivity index (χ3n) is 6.58. The molecule has 1 aliphatic rings. The number of ether oxygens (including phenoxy) is 1. The van der Waals surface area contributed by atoms with Gasteiger partial charge in [-0.15, -0.1) is 0 Å². The topological polar surface area (TPSA) is 75.9 Å². The summed E-state index contributed by atoms with van der Waals surface area (Å²) in [5.41, 5.74) is 1.21. The highest BCUT2D eigenvalue weighted by molar-refractivity contribution is 5.95. The predicted octanol–water partition coefficient (Wildman–Crippen LogP) is 5.19. The molecule has 5 rings (SSSR count). The summed E-state index contributed by atoms with van der Waals surface area (Å²) in [4.78, 5) is 33.7. The number of carbonyl (C=O) groups is 2. The first-order valence-corrected chi connectivity index (χ1v) is 12.0. The van der Waals surface area contributed by atoms with Gasteiger partial charge >= 0.3 is 12.1 Å². The first-order chi connectivity index (χ1) is 18.2. The number of amides is 1. The molecule has 0 radical (unpaired) electrons. The number of alkyl halides is 3. The largest absolute Gasteiger partial charge is 0.468 e. The van der Waals surface area contributed by atoms with Crippen molar-refractivity contribution < 1.29 is 31.9 Å². The van der Waals surface area contributed by atoms with Gasteiger partial charge in [0.2, 0.25) is 5.89 Å². The van der Waals surface area contributed by atoms with Crippen molar-refractivity contribution in [1.29, 1.82) is 0 Å². The lowest BCUT2D eigenvalue weighted by Gasteiger charge is -2.38. The second-order valence-corrected chi connectivity index (χ2v) is 8.94. The molecule has 2 heterocycles. The van der Waals surface area contributed by atoms with Crippen LogP contribution in [-0.4, -0.2) is 59.9 Å². The molecule has 3 aromatic carbocycles. The van der Waals surface area contributed by atoms with Gasteiger partial charge in [0, 0.05) is 37.3 Å². The highest BCUT2D eigenvalue weighted by atomic mass is 19.4. The number of methoxy groups -OCH3 is 1. The SMILES string of the molecule is COC(=O)C(c1ccccc1)N1CCN(C(=O)c2cccc(-c3nc4cc(C(F)(F)F)ccc4o3)c2)CC1. The van der Waals surface area contributed by atoms with Crippen LogP contribution in [0.5, 0.6) is 0 Å². The summed E-state index contributed by atoms with van der Waals surface area (Å²) >= 11 is 0. The van der Waals surface area contributed by atoms with Crippen molar-refractivity contribution >= 4 is 23.0 Å². The Labute approximate surface area is 216 Å². The highest BCUT2D eigenvalue weighted by Gasteiger charge is 2.33. The summed E-state index contributed by atoms with van der Waals surface area (Å²) < 4.78 is 49.8. The number of hydrogen-bond donors (Lipinski definition) is 0. The first kappa shape index (κ1) is 25.5. The molecule has 1 unspecified atom stereocenters. The van der Waals surface area contributed by atoms with E-state index in [1.54, 1.807) is 29.2 Å². The number of piperazine rings is 1. The molecule has 0 spiro atoms. The van der Waals surface area contributed by atoms with E-state index in [-0.39, 0.29) is 28.9 Å². The fraction of sp³-hybridized carbons (Fsp3) is 0.250. The van der Waals surface area contributed by atoms with Crippen molar-refractivity contribution in [3.8, 4) is 11.5 Å². The molecular formula is C28H24F3N3O4. The molecule has 0 N–H and O–H groups in total. The zero-order valence-electron chi connectivity index (χ0n) is 20.4. The van der Waals surface area contributed by atoms with Crippen molar-refractivity contribution in [2.75, 3.05) is 33.3 Å². The molecule has 196 valence electrons. The number of fused-ring (bicyclic) bond motifs is 1. The Kier molecular flexibility index (Phi) is 6.90. The van der Waals surface area contributed by atoms with Crippen LogP contribution in [0.15, 0.2) is 77.2 Å². The Hall–Kier alpha value is -4.18. The lowest BCUT2D eigenvalue weighted by molar-refractivity contribution is -0.148. The summed E-state index contributed by atoms with van der Waals surface area (Å²) in [6.07, 6.45) is -4.48. The van der Waals surface area contributed by atoms with Gasteiger partial charge in [-0.3, -0.25) is 9.69 Å². The number of esters is 1. The van der Waals surface area contributed by atoms with Gasteiger partial charge < -0.3 is 14.1 Å². The number of halogens is 3. The lowest BCUT2D eigenvalue weighted by atomic mass is 10.0. The van der Waals surface area contributed by atoms with Crippen molar-refractivity contribution in [3.05, 3.63) is 89.5 Å². The molecule has 1 amide bonds. The fourth-order valence-corrected chi connectivity index (χ4v) is 4.62. The van der Waals surface area contributed by atoms with Crippen LogP contribution in [0, 0.1) is 0 Å². The predicted molar refractivity (Wildman–Crippen MR) is 133 cm³/mol. The van der Waals surface area contributed by atoms with Gasteiger partial charge in [-0.25, -0.2) is 9.78 Å². The quantitative estimate of drug-likeness (QED) is 0.336. The minimum atomic E-state index is -4.48. The second-order valence-electron chi connectivity index (χ2n) is 8.94. The average molecular weight is 524 g/mol. The zero-order valence-corrected chi connectivity index (χ0v) is 20.4. The molecule has 0 bridgehead atoms. The minimum Gasteiger partial charge on any atom is -0.468 e. The van der Waals surface area contributed by atoms with Crippen LogP contribution in [0.4, 0.5) is 13.2 Å². The van der Waals surface area contributed by atoms with E-state index in [1.165, 1.54) is 13.2 Å². The number of nitrogens with zero attached hydrogens (tertiary/aromatic N) is 3. The van der Waals surface area contributed by atoms with Crippen molar-refractivity contribution in [2.24, 2.45) is 0 Å². The molecule has 0 saturated carbocycles. The summed E-state index contributed by atoms with van der Waals surface area (Å²) in [7, 11) is 1.36.